The summed E-state index contributed by atoms with van der Waals surface area (Å²) in [6.45, 7) is 4.44. The molecular weight excluding hydrogens is 996 g/mol. The Morgan fingerprint density at radius 1 is 0.456 bits per heavy atom. The zero-order valence-electron chi connectivity index (χ0n) is 50.5. The van der Waals surface area contributed by atoms with Crippen molar-refractivity contribution >= 4 is 13.7 Å². The number of carbonyl (C=O) groups is 1. The maximum atomic E-state index is 13.0. The van der Waals surface area contributed by atoms with Crippen molar-refractivity contribution in [2.45, 2.75) is 212 Å². The second kappa shape index (κ2) is 58.3. The van der Waals surface area contributed by atoms with Gasteiger partial charge in [0.15, 0.2) is 0 Å². The average molecular weight is 1110 g/mol. The molecule has 0 aromatic carbocycles. The van der Waals surface area contributed by atoms with Gasteiger partial charge in [0.2, 0.25) is 5.91 Å². The zero-order valence-corrected chi connectivity index (χ0v) is 51.4. The largest absolute Gasteiger partial charge is 0.756 e. The highest BCUT2D eigenvalue weighted by Gasteiger charge is 2.23. The number of quaternary nitrogens is 1. The number of unbranched alkanes of at least 4 members (excludes halogenated alkanes) is 12. The van der Waals surface area contributed by atoms with Crippen molar-refractivity contribution in [3.05, 3.63) is 182 Å². The number of allylic oxidation sites excluding steroid dienone is 29. The molecule has 0 fully saturated rings. The minimum Gasteiger partial charge on any atom is -0.756 e. The number of likely N-dealkylation sites (N-methyl/N-ethyl adjacent to an activating group) is 1. The van der Waals surface area contributed by atoms with Crippen molar-refractivity contribution in [3.63, 3.8) is 0 Å². The number of phosphoric acid groups is 1. The van der Waals surface area contributed by atoms with Crippen LogP contribution in [-0.2, 0) is 18.4 Å². The Labute approximate surface area is 485 Å². The first kappa shape index (κ1) is 74.6. The van der Waals surface area contributed by atoms with Crippen LogP contribution in [-0.4, -0.2) is 68.5 Å². The molecule has 2 N–H and O–H groups in total. The number of nitrogens with one attached hydrogen (secondary N) is 1. The average Bonchev–Trinajstić information content (AvgIpc) is 3.42. The minimum absolute atomic E-state index is 0.0245. The molecule has 0 bridgehead atoms. The van der Waals surface area contributed by atoms with Gasteiger partial charge in [-0.05, 0) is 135 Å². The number of aliphatic hydroxyl groups excluding tert-OH is 1. The van der Waals surface area contributed by atoms with Crippen molar-refractivity contribution in [2.75, 3.05) is 40.9 Å². The van der Waals surface area contributed by atoms with E-state index in [4.69, 9.17) is 9.05 Å². The van der Waals surface area contributed by atoms with Crippen LogP contribution in [0.2, 0.25) is 0 Å². The highest BCUT2D eigenvalue weighted by Crippen LogP contribution is 2.38. The Morgan fingerprint density at radius 3 is 1.18 bits per heavy atom. The molecule has 0 saturated heterocycles. The van der Waals surface area contributed by atoms with E-state index >= 15 is 0 Å². The number of rotatable bonds is 53. The van der Waals surface area contributed by atoms with Crippen LogP contribution in [0, 0.1) is 0 Å². The van der Waals surface area contributed by atoms with E-state index in [2.05, 4.69) is 189 Å². The molecule has 9 heteroatoms. The zero-order chi connectivity index (χ0) is 57.7. The Balaban J connectivity index is 4.26. The van der Waals surface area contributed by atoms with Gasteiger partial charge in [0.1, 0.15) is 13.2 Å². The van der Waals surface area contributed by atoms with Gasteiger partial charge in [-0.3, -0.25) is 9.36 Å². The van der Waals surface area contributed by atoms with Crippen LogP contribution in [0.15, 0.2) is 182 Å². The fourth-order valence-corrected chi connectivity index (χ4v) is 8.30. The molecule has 0 spiro atoms. The summed E-state index contributed by atoms with van der Waals surface area (Å²) < 4.78 is 23.3. The van der Waals surface area contributed by atoms with E-state index in [1.54, 1.807) is 6.08 Å². The van der Waals surface area contributed by atoms with E-state index in [1.807, 2.05) is 27.2 Å². The maximum absolute atomic E-state index is 13.0. The van der Waals surface area contributed by atoms with Crippen LogP contribution < -0.4 is 10.2 Å². The molecule has 0 rings (SSSR count). The lowest BCUT2D eigenvalue weighted by Crippen LogP contribution is -2.45. The number of phosphoric ester groups is 1. The van der Waals surface area contributed by atoms with Crippen LogP contribution in [0.25, 0.3) is 0 Å². The number of hydrogen-bond donors (Lipinski definition) is 2. The summed E-state index contributed by atoms with van der Waals surface area (Å²) in [5, 5.41) is 13.8. The standard InChI is InChI=1S/C70H113N2O6P/c1-6-8-10-12-14-16-18-20-22-24-25-26-27-28-29-30-31-32-33-34-35-36-37-38-39-40-41-42-43-44-45-46-47-48-50-52-54-56-58-60-62-64-70(74)71-68(67-78-79(75,76)77-66-65-72(3,4)5)69(73)63-61-59-57-55-53-51-49-23-21-19-17-15-13-11-9-7-2/h8,10,14,16,20-23,25-26,28-29,31-32,34-35,37-38,40-41,43-44,46-47,50,52-53,55,61,63,68-69,73H,6-7,9,11-13,15,17-19,24,27,30,33,36,39,42,45,48-49,51,54,56-60,62,64-67H2,1-5H3,(H-,71,74,75,76)/b10-8-,16-14-,22-20-,23-21+,26-25-,29-28-,32-31-,35-34-,38-37-,41-40-,44-43-,47-46-,52-50-,55-53+,63-61+. The first-order valence-corrected chi connectivity index (χ1v) is 32.1. The Kier molecular flexibility index (Phi) is 55.0. The van der Waals surface area contributed by atoms with Crippen LogP contribution in [0.5, 0.6) is 0 Å². The van der Waals surface area contributed by atoms with Crippen LogP contribution in [0.4, 0.5) is 0 Å². The van der Waals surface area contributed by atoms with Gasteiger partial charge in [0, 0.05) is 6.42 Å². The van der Waals surface area contributed by atoms with Crippen molar-refractivity contribution in [1.82, 2.24) is 5.32 Å². The summed E-state index contributed by atoms with van der Waals surface area (Å²) in [4.78, 5) is 25.5. The Morgan fingerprint density at radius 2 is 0.785 bits per heavy atom. The second-order valence-electron chi connectivity index (χ2n) is 20.9. The lowest BCUT2D eigenvalue weighted by atomic mass is 10.1. The normalized spacial score (nSPS) is 15.1. The molecule has 0 heterocycles. The van der Waals surface area contributed by atoms with E-state index in [0.29, 0.717) is 23.9 Å². The molecule has 0 aliphatic rings. The number of amides is 1. The predicted octanol–water partition coefficient (Wildman–Crippen LogP) is 18.7. The molecule has 1 amide bonds. The van der Waals surface area contributed by atoms with Crippen LogP contribution in [0.1, 0.15) is 200 Å². The molecule has 3 unspecified atom stereocenters. The van der Waals surface area contributed by atoms with Gasteiger partial charge in [0.05, 0.1) is 39.9 Å². The van der Waals surface area contributed by atoms with Gasteiger partial charge in [-0.2, -0.15) is 0 Å². The van der Waals surface area contributed by atoms with Gasteiger partial charge in [-0.25, -0.2) is 0 Å². The molecule has 0 aromatic heterocycles. The van der Waals surface area contributed by atoms with Crippen molar-refractivity contribution in [2.24, 2.45) is 0 Å². The second-order valence-corrected chi connectivity index (χ2v) is 22.4. The third-order valence-electron chi connectivity index (χ3n) is 12.3. The van der Waals surface area contributed by atoms with Gasteiger partial charge >= 0.3 is 0 Å². The first-order chi connectivity index (χ1) is 38.5. The highest BCUT2D eigenvalue weighted by molar-refractivity contribution is 7.45. The monoisotopic (exact) mass is 1110 g/mol. The summed E-state index contributed by atoms with van der Waals surface area (Å²) in [6, 6.07) is -0.938. The van der Waals surface area contributed by atoms with E-state index in [9.17, 15) is 19.4 Å². The summed E-state index contributed by atoms with van der Waals surface area (Å²) >= 11 is 0. The number of aliphatic hydroxyl groups is 1. The topological polar surface area (TPSA) is 108 Å². The fourth-order valence-electron chi connectivity index (χ4n) is 7.58. The fraction of sp³-hybridized carbons (Fsp3) is 0.557. The highest BCUT2D eigenvalue weighted by atomic mass is 31.2. The summed E-state index contributed by atoms with van der Waals surface area (Å²) in [5.41, 5.74) is 0. The van der Waals surface area contributed by atoms with Crippen molar-refractivity contribution in [1.29, 1.82) is 0 Å². The van der Waals surface area contributed by atoms with E-state index in [0.717, 1.165) is 128 Å². The summed E-state index contributed by atoms with van der Waals surface area (Å²) in [6.07, 6.45) is 94.1. The van der Waals surface area contributed by atoms with Crippen LogP contribution in [0.3, 0.4) is 0 Å². The molecular formula is C70H113N2O6P. The number of carbonyl (C=O) groups excluding carboxylic acids is 1. The van der Waals surface area contributed by atoms with Gasteiger partial charge in [-0.15, -0.1) is 0 Å². The van der Waals surface area contributed by atoms with Gasteiger partial charge in [0.25, 0.3) is 7.82 Å². The minimum atomic E-state index is -4.63. The maximum Gasteiger partial charge on any atom is 0.268 e. The number of hydrogen-bond acceptors (Lipinski definition) is 6. The molecule has 79 heavy (non-hydrogen) atoms. The summed E-state index contributed by atoms with van der Waals surface area (Å²) in [7, 11) is 1.19. The third kappa shape index (κ3) is 61.1. The van der Waals surface area contributed by atoms with E-state index < -0.39 is 26.6 Å². The molecule has 0 aromatic rings. The van der Waals surface area contributed by atoms with Crippen LogP contribution >= 0.6 is 7.82 Å². The van der Waals surface area contributed by atoms with Crippen molar-refractivity contribution in [3.8, 4) is 0 Å². The number of nitrogens with zero attached hydrogens (tertiary/aromatic N) is 1. The first-order valence-electron chi connectivity index (χ1n) is 30.6. The van der Waals surface area contributed by atoms with Gasteiger partial charge in [-0.1, -0.05) is 241 Å². The summed E-state index contributed by atoms with van der Waals surface area (Å²) in [5.74, 6) is -0.245. The van der Waals surface area contributed by atoms with Crippen molar-refractivity contribution < 1.29 is 32.9 Å². The molecule has 0 saturated carbocycles. The molecule has 3 atom stereocenters. The molecule has 444 valence electrons. The molecule has 0 aliphatic heterocycles. The lowest BCUT2D eigenvalue weighted by molar-refractivity contribution is -0.870. The third-order valence-corrected chi connectivity index (χ3v) is 13.3. The quantitative estimate of drug-likeness (QED) is 0.0272. The molecule has 0 aliphatic carbocycles. The molecule has 8 nitrogen and oxygen atoms in total. The Hall–Kier alpha value is -4.40. The Bertz CT molecular complexity index is 1930. The smallest absolute Gasteiger partial charge is 0.268 e. The SMILES string of the molecule is CC/C=C\C/C=C\C/C=C\C/C=C\C/C=C\C/C=C\C/C=C\C/C=C\C/C=C\C/C=C\C/C=C\C/C=C\CCCCCCC(=O)NC(COP(=O)([O-])OCC[N+](C)(C)C)C(O)/C=C/CC/C=C/CC/C=C/CCCCCCCC. The van der Waals surface area contributed by atoms with E-state index in [-0.39, 0.29) is 18.9 Å². The lowest BCUT2D eigenvalue weighted by Gasteiger charge is -2.29. The molecule has 0 radical (unpaired) electrons. The van der Waals surface area contributed by atoms with Gasteiger partial charge < -0.3 is 28.8 Å². The van der Waals surface area contributed by atoms with E-state index in [1.165, 1.54) is 38.5 Å². The predicted molar refractivity (Wildman–Crippen MR) is 343 cm³/mol.